The van der Waals surface area contributed by atoms with Crippen LogP contribution in [-0.2, 0) is 16.0 Å². The van der Waals surface area contributed by atoms with E-state index in [4.69, 9.17) is 20.7 Å². The molecule has 2 unspecified atom stereocenters. The highest BCUT2D eigenvalue weighted by Gasteiger charge is 2.11. The highest BCUT2D eigenvalue weighted by molar-refractivity contribution is 5.89. The Morgan fingerprint density at radius 1 is 1.10 bits per heavy atom. The molecule has 2 rings (SSSR count). The Labute approximate surface area is 180 Å². The fourth-order valence-corrected chi connectivity index (χ4v) is 2.54. The zero-order valence-corrected chi connectivity index (χ0v) is 17.4. The summed E-state index contributed by atoms with van der Waals surface area (Å²) in [6.07, 6.45) is 1.30. The van der Waals surface area contributed by atoms with Crippen LogP contribution in [0.5, 0.6) is 11.5 Å². The molecule has 2 aromatic rings. The van der Waals surface area contributed by atoms with E-state index < -0.39 is 18.0 Å². The molecule has 9 nitrogen and oxygen atoms in total. The number of phenols is 1. The minimum atomic E-state index is -1.26. The number of aliphatic hydroxyl groups is 1. The lowest BCUT2D eigenvalue weighted by Gasteiger charge is -2.18. The van der Waals surface area contributed by atoms with Crippen LogP contribution in [0.3, 0.4) is 0 Å². The van der Waals surface area contributed by atoms with Crippen molar-refractivity contribution < 1.29 is 34.8 Å². The third-order valence-corrected chi connectivity index (χ3v) is 4.17. The topological polar surface area (TPSA) is 162 Å². The Hall–Kier alpha value is -3.56. The van der Waals surface area contributed by atoms with Crippen molar-refractivity contribution in [2.45, 2.75) is 25.5 Å². The molecule has 0 bridgehead atoms. The molecule has 0 saturated carbocycles. The lowest BCUT2D eigenvalue weighted by molar-refractivity contribution is -0.134. The van der Waals surface area contributed by atoms with E-state index in [0.717, 1.165) is 12.2 Å². The Kier molecular flexibility index (Phi) is 10.6. The van der Waals surface area contributed by atoms with Crippen molar-refractivity contribution in [2.75, 3.05) is 19.4 Å². The number of rotatable bonds is 9. The molecule has 0 aliphatic rings. The van der Waals surface area contributed by atoms with Gasteiger partial charge in [-0.2, -0.15) is 0 Å². The molecule has 0 amide bonds. The van der Waals surface area contributed by atoms with Crippen LogP contribution in [-0.4, -0.2) is 52.1 Å². The van der Waals surface area contributed by atoms with E-state index >= 15 is 0 Å². The lowest BCUT2D eigenvalue weighted by Crippen LogP contribution is -2.32. The molecule has 168 valence electrons. The number of aliphatic hydroxyl groups excluding tert-OH is 1. The number of carboxylic acid groups (broad SMARTS) is 2. The number of nitrogens with one attached hydrogen (secondary N) is 1. The Balaban J connectivity index is 0.000000512. The first-order chi connectivity index (χ1) is 14.6. The number of hydrogen-bond donors (Lipinski definition) is 6. The molecule has 0 aliphatic heterocycles. The van der Waals surface area contributed by atoms with Crippen LogP contribution >= 0.6 is 0 Å². The molecule has 0 saturated heterocycles. The maximum absolute atomic E-state index is 10.2. The van der Waals surface area contributed by atoms with Gasteiger partial charge in [0.05, 0.1) is 18.9 Å². The van der Waals surface area contributed by atoms with Gasteiger partial charge < -0.3 is 36.2 Å². The van der Waals surface area contributed by atoms with Gasteiger partial charge in [-0.15, -0.1) is 0 Å². The second-order valence-electron chi connectivity index (χ2n) is 6.71. The van der Waals surface area contributed by atoms with Gasteiger partial charge in [0.2, 0.25) is 0 Å². The number of methoxy groups -OCH3 is 1. The van der Waals surface area contributed by atoms with Gasteiger partial charge in [-0.3, -0.25) is 0 Å². The van der Waals surface area contributed by atoms with E-state index in [1.165, 1.54) is 11.6 Å². The minimum Gasteiger partial charge on any atom is -0.506 e. The van der Waals surface area contributed by atoms with Gasteiger partial charge in [-0.1, -0.05) is 18.2 Å². The average molecular weight is 432 g/mol. The molecule has 2 atom stereocenters. The second-order valence-corrected chi connectivity index (χ2v) is 6.71. The van der Waals surface area contributed by atoms with Gasteiger partial charge in [0.25, 0.3) is 0 Å². The molecule has 0 spiro atoms. The van der Waals surface area contributed by atoms with E-state index in [1.54, 1.807) is 19.2 Å². The fraction of sp³-hybridized carbons (Fsp3) is 0.273. The van der Waals surface area contributed by atoms with E-state index in [2.05, 4.69) is 12.2 Å². The number of carboxylic acids is 2. The maximum atomic E-state index is 10.2. The number of aliphatic carboxylic acids is 2. The molecule has 0 aromatic heterocycles. The largest absolute Gasteiger partial charge is 0.506 e. The van der Waals surface area contributed by atoms with Crippen LogP contribution in [0.2, 0.25) is 0 Å². The van der Waals surface area contributed by atoms with Crippen molar-refractivity contribution in [3.8, 4) is 11.5 Å². The second kappa shape index (κ2) is 12.9. The standard InChI is InChI=1S/C18H24N2O3.C4H4O4/c1-12(9-13-3-6-15(23-2)7-4-13)20-11-18(22)14-5-8-17(21)16(19)10-14;5-3(6)1-2-4(7)8/h3-8,10,12,18,20-22H,9,11,19H2,1-2H3;1-2H,(H,5,6)(H,7,8)/b;2-1+. The predicted molar refractivity (Wildman–Crippen MR) is 116 cm³/mol. The first-order valence-corrected chi connectivity index (χ1v) is 9.39. The number of phenolic OH excluding ortho intramolecular Hbond substituents is 1. The molecule has 7 N–H and O–H groups in total. The quantitative estimate of drug-likeness (QED) is 0.197. The predicted octanol–water partition coefficient (Wildman–Crippen LogP) is 1.95. The zero-order valence-electron chi connectivity index (χ0n) is 17.4. The number of nitrogens with two attached hydrogens (primary N) is 1. The highest BCUT2D eigenvalue weighted by atomic mass is 16.5. The molecule has 31 heavy (non-hydrogen) atoms. The van der Waals surface area contributed by atoms with Crippen LogP contribution < -0.4 is 15.8 Å². The Morgan fingerprint density at radius 2 is 1.68 bits per heavy atom. The van der Waals surface area contributed by atoms with Gasteiger partial charge in [0.1, 0.15) is 11.5 Å². The number of aromatic hydroxyl groups is 1. The maximum Gasteiger partial charge on any atom is 0.328 e. The van der Waals surface area contributed by atoms with Crippen molar-refractivity contribution in [3.63, 3.8) is 0 Å². The van der Waals surface area contributed by atoms with Gasteiger partial charge in [-0.25, -0.2) is 9.59 Å². The van der Waals surface area contributed by atoms with Gasteiger partial charge in [0.15, 0.2) is 0 Å². The summed E-state index contributed by atoms with van der Waals surface area (Å²) in [5, 5.41) is 38.5. The summed E-state index contributed by atoms with van der Waals surface area (Å²) >= 11 is 0. The van der Waals surface area contributed by atoms with Crippen molar-refractivity contribution in [1.29, 1.82) is 0 Å². The van der Waals surface area contributed by atoms with Crippen LogP contribution in [0.25, 0.3) is 0 Å². The summed E-state index contributed by atoms with van der Waals surface area (Å²) in [5.41, 5.74) is 7.81. The van der Waals surface area contributed by atoms with Crippen molar-refractivity contribution in [2.24, 2.45) is 0 Å². The summed E-state index contributed by atoms with van der Waals surface area (Å²) in [7, 11) is 1.65. The molecule has 0 aliphatic carbocycles. The SMILES string of the molecule is COc1ccc(CC(C)NCC(O)c2ccc(O)c(N)c2)cc1.O=C(O)/C=C/C(=O)O. The molecule has 9 heteroatoms. The van der Waals surface area contributed by atoms with Crippen molar-refractivity contribution >= 4 is 17.6 Å². The molecule has 0 heterocycles. The van der Waals surface area contributed by atoms with Crippen LogP contribution in [0.4, 0.5) is 5.69 Å². The van der Waals surface area contributed by atoms with Gasteiger partial charge in [0, 0.05) is 24.7 Å². The number of benzene rings is 2. The normalized spacial score (nSPS) is 12.5. The number of anilines is 1. The smallest absolute Gasteiger partial charge is 0.328 e. The van der Waals surface area contributed by atoms with Gasteiger partial charge >= 0.3 is 11.9 Å². The molecular formula is C22H28N2O7. The molecule has 0 fully saturated rings. The van der Waals surface area contributed by atoms with Crippen LogP contribution in [0.15, 0.2) is 54.6 Å². The summed E-state index contributed by atoms with van der Waals surface area (Å²) in [6.45, 7) is 2.49. The van der Waals surface area contributed by atoms with Crippen molar-refractivity contribution in [1.82, 2.24) is 5.32 Å². The number of ether oxygens (including phenoxy) is 1. The molecular weight excluding hydrogens is 404 g/mol. The number of nitrogen functional groups attached to an aromatic ring is 1. The lowest BCUT2D eigenvalue weighted by atomic mass is 10.1. The number of hydrogen-bond acceptors (Lipinski definition) is 7. The molecule has 2 aromatic carbocycles. The summed E-state index contributed by atoms with van der Waals surface area (Å²) in [4.78, 5) is 19.1. The number of carbonyl (C=O) groups is 2. The summed E-state index contributed by atoms with van der Waals surface area (Å²) in [5.74, 6) is -1.64. The fourth-order valence-electron chi connectivity index (χ4n) is 2.54. The van der Waals surface area contributed by atoms with Crippen molar-refractivity contribution in [3.05, 3.63) is 65.7 Å². The first kappa shape index (κ1) is 25.5. The molecule has 0 radical (unpaired) electrons. The van der Waals surface area contributed by atoms with E-state index in [9.17, 15) is 19.8 Å². The summed E-state index contributed by atoms with van der Waals surface area (Å²) < 4.78 is 5.14. The highest BCUT2D eigenvalue weighted by Crippen LogP contribution is 2.24. The first-order valence-electron chi connectivity index (χ1n) is 9.39. The van der Waals surface area contributed by atoms with Gasteiger partial charge in [-0.05, 0) is 48.7 Å². The van der Waals surface area contributed by atoms with E-state index in [0.29, 0.717) is 24.3 Å². The third-order valence-electron chi connectivity index (χ3n) is 4.17. The summed E-state index contributed by atoms with van der Waals surface area (Å²) in [6, 6.07) is 12.9. The average Bonchev–Trinajstić information content (AvgIpc) is 2.73. The van der Waals surface area contributed by atoms with E-state index in [-0.39, 0.29) is 17.5 Å². The Bertz CT molecular complexity index is 866. The zero-order chi connectivity index (χ0) is 23.4. The third kappa shape index (κ3) is 10.2. The minimum absolute atomic E-state index is 0.0294. The van der Waals surface area contributed by atoms with E-state index in [1.807, 2.05) is 24.3 Å². The van der Waals surface area contributed by atoms with Crippen LogP contribution in [0, 0.1) is 0 Å². The monoisotopic (exact) mass is 432 g/mol. The Morgan fingerprint density at radius 3 is 2.16 bits per heavy atom. The van der Waals surface area contributed by atoms with Crippen LogP contribution in [0.1, 0.15) is 24.2 Å².